The predicted molar refractivity (Wildman–Crippen MR) is 92.4 cm³/mol. The van der Waals surface area contributed by atoms with Gasteiger partial charge in [-0.05, 0) is 46.4 Å². The summed E-state index contributed by atoms with van der Waals surface area (Å²) in [5.41, 5.74) is 1.84. The molecule has 1 aromatic carbocycles. The van der Waals surface area contributed by atoms with Crippen molar-refractivity contribution < 1.29 is 9.59 Å². The number of amides is 2. The summed E-state index contributed by atoms with van der Waals surface area (Å²) in [5.74, 6) is -0.360. The highest BCUT2D eigenvalue weighted by Crippen LogP contribution is 2.24. The highest BCUT2D eigenvalue weighted by Gasteiger charge is 2.39. The lowest BCUT2D eigenvalue weighted by Crippen LogP contribution is -2.53. The number of carbonyl (C=O) groups is 2. The average Bonchev–Trinajstić information content (AvgIpc) is 2.50. The zero-order chi connectivity index (χ0) is 17.2. The molecule has 23 heavy (non-hydrogen) atoms. The van der Waals surface area contributed by atoms with Crippen molar-refractivity contribution in [2.75, 3.05) is 38.5 Å². The first-order valence-electron chi connectivity index (χ1n) is 8.08. The van der Waals surface area contributed by atoms with E-state index in [4.69, 9.17) is 0 Å². The SMILES string of the molecule is Cc1ccc(NC(=O)C(C)(C)C(=O)N2CCN(C)CC2)c(C)c1. The number of nitrogens with zero attached hydrogens (tertiary/aromatic N) is 2. The van der Waals surface area contributed by atoms with E-state index in [0.29, 0.717) is 13.1 Å². The molecule has 1 fully saturated rings. The smallest absolute Gasteiger partial charge is 0.239 e. The molecular formula is C18H27N3O2. The number of carbonyl (C=O) groups excluding carboxylic acids is 2. The van der Waals surface area contributed by atoms with E-state index < -0.39 is 5.41 Å². The molecule has 0 bridgehead atoms. The molecule has 5 nitrogen and oxygen atoms in total. The highest BCUT2D eigenvalue weighted by atomic mass is 16.2. The zero-order valence-corrected chi connectivity index (χ0v) is 14.8. The Balaban J connectivity index is 2.08. The maximum Gasteiger partial charge on any atom is 0.239 e. The van der Waals surface area contributed by atoms with Crippen LogP contribution in [-0.4, -0.2) is 54.8 Å². The van der Waals surface area contributed by atoms with Crippen molar-refractivity contribution in [3.8, 4) is 0 Å². The third kappa shape index (κ3) is 3.91. The number of rotatable bonds is 3. The molecule has 1 aliphatic heterocycles. The summed E-state index contributed by atoms with van der Waals surface area (Å²) in [6.45, 7) is 10.4. The molecule has 0 radical (unpaired) electrons. The second-order valence-electron chi connectivity index (χ2n) is 6.99. The third-order valence-corrected chi connectivity index (χ3v) is 4.52. The molecule has 1 N–H and O–H groups in total. The molecule has 0 unspecified atom stereocenters. The lowest BCUT2D eigenvalue weighted by molar-refractivity contribution is -0.147. The van der Waals surface area contributed by atoms with Crippen molar-refractivity contribution in [1.82, 2.24) is 9.80 Å². The Bertz CT molecular complexity index is 602. The Labute approximate surface area is 138 Å². The summed E-state index contributed by atoms with van der Waals surface area (Å²) in [6, 6.07) is 5.86. The van der Waals surface area contributed by atoms with E-state index in [0.717, 1.165) is 29.9 Å². The first-order chi connectivity index (χ1) is 10.7. The number of aryl methyl sites for hydroxylation is 2. The van der Waals surface area contributed by atoms with Gasteiger partial charge in [-0.1, -0.05) is 17.7 Å². The van der Waals surface area contributed by atoms with E-state index in [9.17, 15) is 9.59 Å². The minimum Gasteiger partial charge on any atom is -0.339 e. The summed E-state index contributed by atoms with van der Waals surface area (Å²) in [7, 11) is 2.04. The first kappa shape index (κ1) is 17.5. The summed E-state index contributed by atoms with van der Waals surface area (Å²) in [5, 5.41) is 2.91. The van der Waals surface area contributed by atoms with E-state index in [2.05, 4.69) is 10.2 Å². The van der Waals surface area contributed by atoms with Crippen LogP contribution in [-0.2, 0) is 9.59 Å². The summed E-state index contributed by atoms with van der Waals surface area (Å²) < 4.78 is 0. The zero-order valence-electron chi connectivity index (χ0n) is 14.8. The van der Waals surface area contributed by atoms with E-state index in [-0.39, 0.29) is 11.8 Å². The summed E-state index contributed by atoms with van der Waals surface area (Å²) in [6.07, 6.45) is 0. The first-order valence-corrected chi connectivity index (χ1v) is 8.08. The molecule has 2 amide bonds. The second-order valence-corrected chi connectivity index (χ2v) is 6.99. The van der Waals surface area contributed by atoms with Crippen molar-refractivity contribution >= 4 is 17.5 Å². The number of piperazine rings is 1. The van der Waals surface area contributed by atoms with Crippen LogP contribution < -0.4 is 5.32 Å². The molecular weight excluding hydrogens is 290 g/mol. The van der Waals surface area contributed by atoms with Crippen molar-refractivity contribution in [2.24, 2.45) is 5.41 Å². The minimum atomic E-state index is -1.08. The van der Waals surface area contributed by atoms with Gasteiger partial charge in [0, 0.05) is 31.9 Å². The van der Waals surface area contributed by atoms with Crippen LogP contribution in [0.15, 0.2) is 18.2 Å². The van der Waals surface area contributed by atoms with Crippen molar-refractivity contribution in [2.45, 2.75) is 27.7 Å². The Morgan fingerprint density at radius 2 is 1.70 bits per heavy atom. The number of nitrogens with one attached hydrogen (secondary N) is 1. The quantitative estimate of drug-likeness (QED) is 0.868. The number of hydrogen-bond donors (Lipinski definition) is 1. The number of hydrogen-bond acceptors (Lipinski definition) is 3. The molecule has 0 spiro atoms. The number of anilines is 1. The van der Waals surface area contributed by atoms with Gasteiger partial charge in [-0.25, -0.2) is 0 Å². The lowest BCUT2D eigenvalue weighted by atomic mass is 9.89. The molecule has 1 saturated heterocycles. The number of likely N-dealkylation sites (N-methyl/N-ethyl adjacent to an activating group) is 1. The van der Waals surface area contributed by atoms with E-state index in [1.165, 1.54) is 0 Å². The molecule has 1 aliphatic rings. The van der Waals surface area contributed by atoms with E-state index in [1.807, 2.05) is 39.1 Å². The molecule has 0 aliphatic carbocycles. The molecule has 1 aromatic rings. The van der Waals surface area contributed by atoms with Gasteiger partial charge in [0.2, 0.25) is 11.8 Å². The third-order valence-electron chi connectivity index (χ3n) is 4.52. The van der Waals surface area contributed by atoms with Crippen LogP contribution in [0, 0.1) is 19.3 Å². The summed E-state index contributed by atoms with van der Waals surface area (Å²) in [4.78, 5) is 29.4. The number of benzene rings is 1. The normalized spacial score (nSPS) is 16.3. The average molecular weight is 317 g/mol. The van der Waals surface area contributed by atoms with Crippen LogP contribution in [0.1, 0.15) is 25.0 Å². The standard InChI is InChI=1S/C18H27N3O2/c1-13-6-7-15(14(2)12-13)19-16(22)18(3,4)17(23)21-10-8-20(5)9-11-21/h6-7,12H,8-11H2,1-5H3,(H,19,22). The van der Waals surface area contributed by atoms with E-state index in [1.54, 1.807) is 18.7 Å². The maximum absolute atomic E-state index is 12.7. The Morgan fingerprint density at radius 3 is 2.26 bits per heavy atom. The molecule has 5 heteroatoms. The van der Waals surface area contributed by atoms with Gasteiger partial charge in [-0.15, -0.1) is 0 Å². The summed E-state index contributed by atoms with van der Waals surface area (Å²) >= 11 is 0. The van der Waals surface area contributed by atoms with Gasteiger partial charge in [-0.2, -0.15) is 0 Å². The predicted octanol–water partition coefficient (Wildman–Crippen LogP) is 2.04. The van der Waals surface area contributed by atoms with Crippen molar-refractivity contribution in [3.05, 3.63) is 29.3 Å². The van der Waals surface area contributed by atoms with Gasteiger partial charge in [0.25, 0.3) is 0 Å². The van der Waals surface area contributed by atoms with Crippen molar-refractivity contribution in [3.63, 3.8) is 0 Å². The fraction of sp³-hybridized carbons (Fsp3) is 0.556. The van der Waals surface area contributed by atoms with Crippen LogP contribution in [0.25, 0.3) is 0 Å². The molecule has 0 atom stereocenters. The fourth-order valence-electron chi connectivity index (χ4n) is 2.73. The van der Waals surface area contributed by atoms with Gasteiger partial charge in [0.1, 0.15) is 5.41 Å². The highest BCUT2D eigenvalue weighted by molar-refractivity contribution is 6.10. The topological polar surface area (TPSA) is 52.7 Å². The van der Waals surface area contributed by atoms with Gasteiger partial charge >= 0.3 is 0 Å². The molecule has 0 aromatic heterocycles. The molecule has 1 heterocycles. The fourth-order valence-corrected chi connectivity index (χ4v) is 2.73. The van der Waals surface area contributed by atoms with Gasteiger partial charge in [0.05, 0.1) is 0 Å². The molecule has 0 saturated carbocycles. The van der Waals surface area contributed by atoms with Gasteiger partial charge < -0.3 is 15.1 Å². The largest absolute Gasteiger partial charge is 0.339 e. The molecule has 126 valence electrons. The van der Waals surface area contributed by atoms with Crippen molar-refractivity contribution in [1.29, 1.82) is 0 Å². The van der Waals surface area contributed by atoms with Crippen LogP contribution in [0.5, 0.6) is 0 Å². The van der Waals surface area contributed by atoms with E-state index >= 15 is 0 Å². The van der Waals surface area contributed by atoms with Crippen LogP contribution in [0.4, 0.5) is 5.69 Å². The van der Waals surface area contributed by atoms with Crippen LogP contribution in [0.2, 0.25) is 0 Å². The monoisotopic (exact) mass is 317 g/mol. The second kappa shape index (κ2) is 6.71. The Hall–Kier alpha value is -1.88. The molecule has 2 rings (SSSR count). The maximum atomic E-state index is 12.7. The lowest BCUT2D eigenvalue weighted by Gasteiger charge is -2.36. The van der Waals surface area contributed by atoms with Crippen LogP contribution in [0.3, 0.4) is 0 Å². The Morgan fingerprint density at radius 1 is 1.09 bits per heavy atom. The van der Waals surface area contributed by atoms with Crippen LogP contribution >= 0.6 is 0 Å². The van der Waals surface area contributed by atoms with Gasteiger partial charge in [0.15, 0.2) is 0 Å². The Kier molecular flexibility index (Phi) is 5.09. The minimum absolute atomic E-state index is 0.104. The van der Waals surface area contributed by atoms with Gasteiger partial charge in [-0.3, -0.25) is 9.59 Å².